The highest BCUT2D eigenvalue weighted by Gasteiger charge is 2.46. The van der Waals surface area contributed by atoms with Gasteiger partial charge in [0.05, 0.1) is 12.1 Å². The highest BCUT2D eigenvalue weighted by molar-refractivity contribution is 5.95. The molecule has 38 heavy (non-hydrogen) atoms. The Labute approximate surface area is 221 Å². The minimum Gasteiger partial charge on any atom is -0.471 e. The monoisotopic (exact) mass is 531 g/mol. The van der Waals surface area contributed by atoms with E-state index in [1.807, 2.05) is 6.20 Å². The van der Waals surface area contributed by atoms with Crippen LogP contribution in [-0.2, 0) is 6.42 Å². The molecule has 9 heteroatoms. The molecule has 2 aromatic rings. The zero-order valence-corrected chi connectivity index (χ0v) is 22.1. The molecule has 1 aliphatic heterocycles. The fraction of sp³-hybridized carbons (Fsp3) is 0.517. The fourth-order valence-electron chi connectivity index (χ4n) is 5.24. The predicted molar refractivity (Wildman–Crippen MR) is 138 cm³/mol. The Balaban J connectivity index is 1.49. The van der Waals surface area contributed by atoms with Gasteiger partial charge in [0.1, 0.15) is 28.6 Å². The lowest BCUT2D eigenvalue weighted by Gasteiger charge is -2.47. The van der Waals surface area contributed by atoms with Crippen LogP contribution in [0, 0.1) is 22.9 Å². The lowest BCUT2D eigenvalue weighted by Crippen LogP contribution is -2.52. The van der Waals surface area contributed by atoms with E-state index >= 15 is 0 Å². The normalized spacial score (nSPS) is 19.6. The van der Waals surface area contributed by atoms with E-state index in [9.17, 15) is 23.1 Å². The van der Waals surface area contributed by atoms with Crippen molar-refractivity contribution in [2.75, 3.05) is 6.54 Å². The number of benzene rings is 1. The Hall–Kier alpha value is -2.91. The van der Waals surface area contributed by atoms with E-state index in [1.165, 1.54) is 6.08 Å². The second-order valence-electron chi connectivity index (χ2n) is 11.7. The summed E-state index contributed by atoms with van der Waals surface area (Å²) in [6, 6.07) is 1.98. The van der Waals surface area contributed by atoms with Crippen molar-refractivity contribution in [1.29, 1.82) is 0 Å². The number of aliphatic hydroxyl groups excluding tert-OH is 1. The van der Waals surface area contributed by atoms with Crippen molar-refractivity contribution in [3.63, 3.8) is 0 Å². The molecule has 1 aromatic carbocycles. The van der Waals surface area contributed by atoms with Gasteiger partial charge in [0.2, 0.25) is 5.88 Å². The molecule has 0 radical (unpaired) electrons. The van der Waals surface area contributed by atoms with E-state index in [2.05, 4.69) is 49.0 Å². The van der Waals surface area contributed by atoms with Gasteiger partial charge in [-0.05, 0) is 49.1 Å². The van der Waals surface area contributed by atoms with Crippen LogP contribution in [0.5, 0.6) is 5.88 Å². The van der Waals surface area contributed by atoms with Crippen LogP contribution in [0.1, 0.15) is 80.4 Å². The number of aliphatic hydroxyl groups is 1. The lowest BCUT2D eigenvalue weighted by molar-refractivity contribution is -0.0420. The van der Waals surface area contributed by atoms with Crippen molar-refractivity contribution in [3.05, 3.63) is 71.2 Å². The number of rotatable bonds is 9. The van der Waals surface area contributed by atoms with E-state index in [4.69, 9.17) is 4.74 Å². The average molecular weight is 532 g/mol. The van der Waals surface area contributed by atoms with Crippen LogP contribution in [0.2, 0.25) is 0 Å². The van der Waals surface area contributed by atoms with Crippen molar-refractivity contribution in [2.45, 2.75) is 83.1 Å². The number of hydrogen-bond donors (Lipinski definition) is 3. The first-order chi connectivity index (χ1) is 17.9. The van der Waals surface area contributed by atoms with E-state index in [0.717, 1.165) is 43.2 Å². The van der Waals surface area contributed by atoms with Gasteiger partial charge in [-0.15, -0.1) is 6.58 Å². The summed E-state index contributed by atoms with van der Waals surface area (Å²) in [4.78, 5) is 17.3. The Morgan fingerprint density at radius 2 is 1.95 bits per heavy atom. The maximum Gasteiger partial charge on any atom is 0.257 e. The summed E-state index contributed by atoms with van der Waals surface area (Å²) in [7, 11) is 0. The van der Waals surface area contributed by atoms with Crippen LogP contribution in [0.3, 0.4) is 0 Å². The number of aromatic nitrogens is 1. The van der Waals surface area contributed by atoms with Crippen molar-refractivity contribution in [3.8, 4) is 5.88 Å². The number of nitrogens with zero attached hydrogens (tertiary/aromatic N) is 1. The first kappa shape index (κ1) is 28.1. The molecule has 2 aliphatic rings. The number of hydrogen-bond acceptors (Lipinski definition) is 5. The molecule has 1 aromatic heterocycles. The van der Waals surface area contributed by atoms with Gasteiger partial charge in [0, 0.05) is 42.9 Å². The molecule has 2 heterocycles. The minimum absolute atomic E-state index is 0.0827. The lowest BCUT2D eigenvalue weighted by atomic mass is 9.73. The number of pyridine rings is 1. The summed E-state index contributed by atoms with van der Waals surface area (Å²) in [6.45, 7) is 10.2. The smallest absolute Gasteiger partial charge is 0.257 e. The van der Waals surface area contributed by atoms with Gasteiger partial charge in [-0.2, -0.15) is 0 Å². The molecule has 1 spiro atoms. The predicted octanol–water partition coefficient (Wildman–Crippen LogP) is 5.16. The molecule has 1 aliphatic carbocycles. The fourth-order valence-corrected chi connectivity index (χ4v) is 5.24. The quantitative estimate of drug-likeness (QED) is 0.390. The number of fused-ring (bicyclic) bond motifs is 1. The van der Waals surface area contributed by atoms with Crippen LogP contribution in [0.15, 0.2) is 37.1 Å². The Morgan fingerprint density at radius 1 is 1.26 bits per heavy atom. The Bertz CT molecular complexity index is 1170. The third-order valence-electron chi connectivity index (χ3n) is 7.21. The van der Waals surface area contributed by atoms with Gasteiger partial charge in [-0.25, -0.2) is 18.2 Å². The molecule has 206 valence electrons. The van der Waals surface area contributed by atoms with Crippen LogP contribution in [0.4, 0.5) is 13.2 Å². The second-order valence-corrected chi connectivity index (χ2v) is 11.7. The van der Waals surface area contributed by atoms with E-state index < -0.39 is 41.1 Å². The largest absolute Gasteiger partial charge is 0.471 e. The Morgan fingerprint density at radius 3 is 2.53 bits per heavy atom. The first-order valence-corrected chi connectivity index (χ1v) is 13.1. The molecule has 0 bridgehead atoms. The number of nitrogens with one attached hydrogen (secondary N) is 2. The van der Waals surface area contributed by atoms with Crippen LogP contribution >= 0.6 is 0 Å². The van der Waals surface area contributed by atoms with Crippen LogP contribution in [0.25, 0.3) is 0 Å². The van der Waals surface area contributed by atoms with Gasteiger partial charge in [-0.1, -0.05) is 26.8 Å². The topological polar surface area (TPSA) is 83.5 Å². The number of carbonyl (C=O) groups is 1. The summed E-state index contributed by atoms with van der Waals surface area (Å²) in [5, 5.41) is 16.9. The van der Waals surface area contributed by atoms with Crippen molar-refractivity contribution < 1.29 is 27.8 Å². The highest BCUT2D eigenvalue weighted by Crippen LogP contribution is 2.48. The van der Waals surface area contributed by atoms with Gasteiger partial charge >= 0.3 is 0 Å². The maximum absolute atomic E-state index is 14.1. The van der Waals surface area contributed by atoms with Gasteiger partial charge in [0.15, 0.2) is 0 Å². The number of ether oxygens (including phenoxy) is 1. The van der Waals surface area contributed by atoms with Crippen molar-refractivity contribution >= 4 is 5.91 Å². The van der Waals surface area contributed by atoms with E-state index in [0.29, 0.717) is 18.0 Å². The highest BCUT2D eigenvalue weighted by atomic mass is 19.1. The van der Waals surface area contributed by atoms with Gasteiger partial charge in [-0.3, -0.25) is 4.79 Å². The summed E-state index contributed by atoms with van der Waals surface area (Å²) >= 11 is 0. The zero-order valence-electron chi connectivity index (χ0n) is 22.1. The first-order valence-electron chi connectivity index (χ1n) is 13.1. The van der Waals surface area contributed by atoms with Gasteiger partial charge < -0.3 is 20.5 Å². The van der Waals surface area contributed by atoms with Crippen molar-refractivity contribution in [2.24, 2.45) is 5.41 Å². The summed E-state index contributed by atoms with van der Waals surface area (Å²) in [5.41, 5.74) is 0.927. The molecule has 1 saturated carbocycles. The number of amides is 1. The second kappa shape index (κ2) is 11.1. The standard InChI is InChI=1S/C29H36F3N3O3/c1-5-7-22(35-26(37)25-20(31)11-18(30)12-21(25)32)24(36)16-33-23-14-29(8-6-9-29)38-27-19(23)10-17(15-34-27)13-28(2,3)4/h5,10-12,15,22-24,33,36H,1,6-9,13-14,16H2,2-4H3,(H,35,37)/t22-,23-,24+/m0/s1. The molecule has 6 nitrogen and oxygen atoms in total. The summed E-state index contributed by atoms with van der Waals surface area (Å²) in [6.07, 6.45) is 6.93. The van der Waals surface area contributed by atoms with E-state index in [1.54, 1.807) is 0 Å². The zero-order chi connectivity index (χ0) is 27.7. The maximum atomic E-state index is 14.1. The molecule has 1 amide bonds. The van der Waals surface area contributed by atoms with Gasteiger partial charge in [0.25, 0.3) is 5.91 Å². The molecule has 4 rings (SSSR count). The summed E-state index contributed by atoms with van der Waals surface area (Å²) < 4.78 is 47.8. The molecule has 3 N–H and O–H groups in total. The number of carbonyl (C=O) groups excluding carboxylic acids is 1. The molecule has 3 atom stereocenters. The Kier molecular flexibility index (Phi) is 8.18. The third-order valence-corrected chi connectivity index (χ3v) is 7.21. The average Bonchev–Trinajstić information content (AvgIpc) is 2.79. The molecule has 1 fully saturated rings. The third kappa shape index (κ3) is 6.38. The van der Waals surface area contributed by atoms with E-state index in [-0.39, 0.29) is 30.0 Å². The molecule has 0 saturated heterocycles. The van der Waals surface area contributed by atoms with Crippen molar-refractivity contribution in [1.82, 2.24) is 15.6 Å². The molecular weight excluding hydrogens is 495 g/mol. The molecule has 0 unspecified atom stereocenters. The molecular formula is C29H36F3N3O3. The number of halogens is 3. The SMILES string of the molecule is C=CC[C@H](NC(=O)c1c(F)cc(F)cc1F)[C@H](O)CN[C@H]1CC2(CCC2)Oc2ncc(CC(C)(C)C)cc21. The minimum atomic E-state index is -1.31. The van der Waals surface area contributed by atoms with Crippen LogP contribution in [-0.4, -0.2) is 40.3 Å². The van der Waals surface area contributed by atoms with Crippen LogP contribution < -0.4 is 15.4 Å². The summed E-state index contributed by atoms with van der Waals surface area (Å²) in [5.74, 6) is -4.23.